The second-order valence-electron chi connectivity index (χ2n) is 3.76. The standard InChI is InChI=1S/C13H13BrN2O2/c14-12-6-5-11(18-12)13(17)16-8-10-4-2-1-3-9(10)7-15/h1-6H,7-8,15H2,(H,16,17). The van der Waals surface area contributed by atoms with Crippen LogP contribution < -0.4 is 11.1 Å². The van der Waals surface area contributed by atoms with Crippen LogP contribution in [-0.2, 0) is 13.1 Å². The van der Waals surface area contributed by atoms with Crippen LogP contribution in [0.3, 0.4) is 0 Å². The van der Waals surface area contributed by atoms with Crippen LogP contribution in [0.5, 0.6) is 0 Å². The molecule has 0 bridgehead atoms. The molecule has 0 fully saturated rings. The van der Waals surface area contributed by atoms with Gasteiger partial charge in [0.05, 0.1) is 0 Å². The molecule has 1 aromatic heterocycles. The third-order valence-corrected chi connectivity index (χ3v) is 3.00. The highest BCUT2D eigenvalue weighted by molar-refractivity contribution is 9.10. The maximum Gasteiger partial charge on any atom is 0.287 e. The van der Waals surface area contributed by atoms with E-state index in [2.05, 4.69) is 21.2 Å². The average Bonchev–Trinajstić information content (AvgIpc) is 2.83. The molecule has 2 aromatic rings. The fraction of sp³-hybridized carbons (Fsp3) is 0.154. The van der Waals surface area contributed by atoms with Gasteiger partial charge in [-0.2, -0.15) is 0 Å². The van der Waals surface area contributed by atoms with Gasteiger partial charge in [0.2, 0.25) is 0 Å². The van der Waals surface area contributed by atoms with Crippen molar-refractivity contribution >= 4 is 21.8 Å². The number of nitrogens with one attached hydrogen (secondary N) is 1. The van der Waals surface area contributed by atoms with Crippen LogP contribution in [0.4, 0.5) is 0 Å². The van der Waals surface area contributed by atoms with Crippen LogP contribution in [0.1, 0.15) is 21.7 Å². The fourth-order valence-electron chi connectivity index (χ4n) is 1.63. The van der Waals surface area contributed by atoms with E-state index in [-0.39, 0.29) is 11.7 Å². The first-order valence-electron chi connectivity index (χ1n) is 5.51. The van der Waals surface area contributed by atoms with Crippen LogP contribution in [0.15, 0.2) is 45.5 Å². The van der Waals surface area contributed by atoms with Gasteiger partial charge >= 0.3 is 0 Å². The molecule has 1 heterocycles. The summed E-state index contributed by atoms with van der Waals surface area (Å²) in [6.45, 7) is 0.892. The zero-order valence-corrected chi connectivity index (χ0v) is 11.2. The largest absolute Gasteiger partial charge is 0.444 e. The summed E-state index contributed by atoms with van der Waals surface area (Å²) in [4.78, 5) is 11.8. The molecule has 5 heteroatoms. The topological polar surface area (TPSA) is 68.3 Å². The van der Waals surface area contributed by atoms with E-state index in [1.165, 1.54) is 0 Å². The molecule has 0 saturated carbocycles. The fourth-order valence-corrected chi connectivity index (χ4v) is 1.93. The number of hydrogen-bond acceptors (Lipinski definition) is 3. The van der Waals surface area contributed by atoms with E-state index in [9.17, 15) is 4.79 Å². The second-order valence-corrected chi connectivity index (χ2v) is 4.54. The minimum atomic E-state index is -0.243. The summed E-state index contributed by atoms with van der Waals surface area (Å²) >= 11 is 3.16. The number of furan rings is 1. The highest BCUT2D eigenvalue weighted by atomic mass is 79.9. The predicted molar refractivity (Wildman–Crippen MR) is 71.9 cm³/mol. The van der Waals surface area contributed by atoms with Crippen molar-refractivity contribution in [3.8, 4) is 0 Å². The number of nitrogens with two attached hydrogens (primary N) is 1. The Balaban J connectivity index is 2.01. The number of benzene rings is 1. The van der Waals surface area contributed by atoms with Gasteiger partial charge in [0.1, 0.15) is 0 Å². The zero-order chi connectivity index (χ0) is 13.0. The maximum absolute atomic E-state index is 11.8. The number of carbonyl (C=O) groups excluding carboxylic acids is 1. The second kappa shape index (κ2) is 5.84. The Bertz CT molecular complexity index is 551. The summed E-state index contributed by atoms with van der Waals surface area (Å²) in [6.07, 6.45) is 0. The number of hydrogen-bond donors (Lipinski definition) is 2. The SMILES string of the molecule is NCc1ccccc1CNC(=O)c1ccc(Br)o1. The van der Waals surface area contributed by atoms with Crippen LogP contribution in [0, 0.1) is 0 Å². The molecule has 94 valence electrons. The van der Waals surface area contributed by atoms with Crippen molar-refractivity contribution in [1.82, 2.24) is 5.32 Å². The van der Waals surface area contributed by atoms with Gasteiger partial charge in [-0.1, -0.05) is 24.3 Å². The van der Waals surface area contributed by atoms with Crippen molar-refractivity contribution in [2.24, 2.45) is 5.73 Å². The first-order chi connectivity index (χ1) is 8.70. The number of amides is 1. The first-order valence-corrected chi connectivity index (χ1v) is 6.30. The zero-order valence-electron chi connectivity index (χ0n) is 9.65. The molecule has 0 spiro atoms. The number of rotatable bonds is 4. The molecule has 0 aliphatic carbocycles. The summed E-state index contributed by atoms with van der Waals surface area (Å²) in [6, 6.07) is 11.0. The van der Waals surface area contributed by atoms with E-state index in [0.717, 1.165) is 11.1 Å². The molecule has 1 aromatic carbocycles. The van der Waals surface area contributed by atoms with Gasteiger partial charge in [-0.05, 0) is 39.2 Å². The molecule has 4 nitrogen and oxygen atoms in total. The van der Waals surface area contributed by atoms with Crippen molar-refractivity contribution in [2.75, 3.05) is 0 Å². The molecule has 0 radical (unpaired) electrons. The summed E-state index contributed by atoms with van der Waals surface area (Å²) in [5.41, 5.74) is 7.67. The van der Waals surface area contributed by atoms with Gasteiger partial charge in [0.15, 0.2) is 10.4 Å². The lowest BCUT2D eigenvalue weighted by atomic mass is 10.1. The Hall–Kier alpha value is -1.59. The van der Waals surface area contributed by atoms with Gasteiger partial charge in [-0.15, -0.1) is 0 Å². The Morgan fingerprint density at radius 3 is 2.56 bits per heavy atom. The summed E-state index contributed by atoms with van der Waals surface area (Å²) in [5.74, 6) is 0.0413. The first kappa shape index (κ1) is 12.9. The normalized spacial score (nSPS) is 10.3. The van der Waals surface area contributed by atoms with Crippen LogP contribution in [-0.4, -0.2) is 5.91 Å². The lowest BCUT2D eigenvalue weighted by Gasteiger charge is -2.08. The third kappa shape index (κ3) is 3.00. The van der Waals surface area contributed by atoms with E-state index in [4.69, 9.17) is 10.2 Å². The molecule has 0 unspecified atom stereocenters. The molecule has 0 atom stereocenters. The highest BCUT2D eigenvalue weighted by Crippen LogP contribution is 2.14. The Kier molecular flexibility index (Phi) is 4.17. The third-order valence-electron chi connectivity index (χ3n) is 2.57. The molecule has 2 rings (SSSR count). The van der Waals surface area contributed by atoms with Crippen LogP contribution >= 0.6 is 15.9 Å². The van der Waals surface area contributed by atoms with Gasteiger partial charge in [-0.3, -0.25) is 4.79 Å². The Labute approximate surface area is 113 Å². The van der Waals surface area contributed by atoms with Crippen LogP contribution in [0.2, 0.25) is 0 Å². The van der Waals surface area contributed by atoms with Gasteiger partial charge in [0.25, 0.3) is 5.91 Å². The molecule has 1 amide bonds. The predicted octanol–water partition coefficient (Wildman–Crippen LogP) is 2.43. The smallest absolute Gasteiger partial charge is 0.287 e. The van der Waals surface area contributed by atoms with Crippen LogP contribution in [0.25, 0.3) is 0 Å². The Morgan fingerprint density at radius 1 is 1.22 bits per heavy atom. The number of carbonyl (C=O) groups is 1. The van der Waals surface area contributed by atoms with E-state index in [1.807, 2.05) is 24.3 Å². The maximum atomic E-state index is 11.8. The molecular formula is C13H13BrN2O2. The van der Waals surface area contributed by atoms with Crippen molar-refractivity contribution in [3.63, 3.8) is 0 Å². The molecule has 18 heavy (non-hydrogen) atoms. The molecule has 3 N–H and O–H groups in total. The summed E-state index contributed by atoms with van der Waals surface area (Å²) in [5, 5.41) is 2.79. The quantitative estimate of drug-likeness (QED) is 0.911. The number of halogens is 1. The molecule has 0 aliphatic rings. The Morgan fingerprint density at radius 2 is 1.94 bits per heavy atom. The van der Waals surface area contributed by atoms with Crippen molar-refractivity contribution in [2.45, 2.75) is 13.1 Å². The summed E-state index contributed by atoms with van der Waals surface area (Å²) < 4.78 is 5.71. The lowest BCUT2D eigenvalue weighted by molar-refractivity contribution is 0.0922. The molecular weight excluding hydrogens is 296 g/mol. The monoisotopic (exact) mass is 308 g/mol. The van der Waals surface area contributed by atoms with E-state index in [1.54, 1.807) is 12.1 Å². The molecule has 0 saturated heterocycles. The lowest BCUT2D eigenvalue weighted by Crippen LogP contribution is -2.23. The molecule has 0 aliphatic heterocycles. The summed E-state index contributed by atoms with van der Waals surface area (Å²) in [7, 11) is 0. The highest BCUT2D eigenvalue weighted by Gasteiger charge is 2.10. The van der Waals surface area contributed by atoms with Gasteiger partial charge < -0.3 is 15.5 Å². The van der Waals surface area contributed by atoms with Crippen molar-refractivity contribution in [3.05, 3.63) is 58.0 Å². The van der Waals surface area contributed by atoms with E-state index >= 15 is 0 Å². The van der Waals surface area contributed by atoms with E-state index < -0.39 is 0 Å². The van der Waals surface area contributed by atoms with Crippen molar-refractivity contribution in [1.29, 1.82) is 0 Å². The average molecular weight is 309 g/mol. The van der Waals surface area contributed by atoms with Crippen molar-refractivity contribution < 1.29 is 9.21 Å². The van der Waals surface area contributed by atoms with Gasteiger partial charge in [0, 0.05) is 13.1 Å². The minimum absolute atomic E-state index is 0.243. The van der Waals surface area contributed by atoms with Gasteiger partial charge in [-0.25, -0.2) is 0 Å². The van der Waals surface area contributed by atoms with E-state index in [0.29, 0.717) is 17.8 Å². The minimum Gasteiger partial charge on any atom is -0.444 e.